The minimum atomic E-state index is 0.311. The van der Waals surface area contributed by atoms with Crippen LogP contribution in [0, 0.1) is 0 Å². The number of halogens is 1. The third kappa shape index (κ3) is 5.02. The Balaban J connectivity index is 2.34. The van der Waals surface area contributed by atoms with E-state index in [9.17, 15) is 0 Å². The van der Waals surface area contributed by atoms with Gasteiger partial charge in [0.2, 0.25) is 0 Å². The van der Waals surface area contributed by atoms with Gasteiger partial charge in [-0.2, -0.15) is 0 Å². The fraction of sp³-hybridized carbons (Fsp3) is 1.00. The molecular weight excluding hydrogens is 201 g/mol. The zero-order chi connectivity index (χ0) is 4.83. The molecule has 36 valence electrons. The summed E-state index contributed by atoms with van der Waals surface area (Å²) in [5.74, 6) is 0. The number of hydrogen-bond acceptors (Lipinski definition) is 0. The van der Waals surface area contributed by atoms with Gasteiger partial charge in [-0.25, -0.2) is 0 Å². The van der Waals surface area contributed by atoms with Crippen molar-refractivity contribution in [3.8, 4) is 0 Å². The molecule has 0 aromatic heterocycles. The number of unbranched alkanes of at least 4 members (excludes halogenated alkanes) is 1. The number of hydrogen-bond donors (Lipinski definition) is 0. The van der Waals surface area contributed by atoms with E-state index >= 15 is 0 Å². The maximum absolute atomic E-state index is 3.48. The van der Waals surface area contributed by atoms with Gasteiger partial charge in [0.1, 0.15) is 0 Å². The summed E-state index contributed by atoms with van der Waals surface area (Å²) in [6.45, 7) is 2.23. The standard InChI is InChI=1S/C4H9BrGe/c1-2-3-4-6-5/h2-4H2,1H3. The van der Waals surface area contributed by atoms with Gasteiger partial charge in [-0.3, -0.25) is 0 Å². The van der Waals surface area contributed by atoms with Crippen LogP contribution in [0.2, 0.25) is 5.25 Å². The molecule has 0 saturated heterocycles. The second-order valence-electron chi connectivity index (χ2n) is 1.24. The van der Waals surface area contributed by atoms with E-state index in [-0.39, 0.29) is 0 Å². The van der Waals surface area contributed by atoms with Crippen molar-refractivity contribution in [2.45, 2.75) is 25.0 Å². The third-order valence-electron chi connectivity index (χ3n) is 0.625. The van der Waals surface area contributed by atoms with Gasteiger partial charge in [0.05, 0.1) is 0 Å². The van der Waals surface area contributed by atoms with E-state index in [0.717, 1.165) is 0 Å². The average Bonchev–Trinajstić information content (AvgIpc) is 1.61. The first-order valence-electron chi connectivity index (χ1n) is 2.25. The predicted molar refractivity (Wildman–Crippen MR) is 34.4 cm³/mol. The van der Waals surface area contributed by atoms with E-state index in [0.29, 0.717) is 13.6 Å². The van der Waals surface area contributed by atoms with Crippen molar-refractivity contribution in [2.75, 3.05) is 0 Å². The van der Waals surface area contributed by atoms with Crippen molar-refractivity contribution in [1.29, 1.82) is 0 Å². The average molecular weight is 210 g/mol. The Bertz CT molecular complexity index is 19.5. The Morgan fingerprint density at radius 1 is 1.67 bits per heavy atom. The topological polar surface area (TPSA) is 0 Å². The molecule has 0 N–H and O–H groups in total. The Morgan fingerprint density at radius 2 is 2.33 bits per heavy atom. The van der Waals surface area contributed by atoms with E-state index < -0.39 is 0 Å². The molecule has 0 unspecified atom stereocenters. The molecular formula is C4H9BrGe. The predicted octanol–water partition coefficient (Wildman–Crippen LogP) is 2.22. The molecule has 0 spiro atoms. The third-order valence-corrected chi connectivity index (χ3v) is 3.82. The molecule has 0 bridgehead atoms. The Hall–Kier alpha value is 1.02. The fourth-order valence-corrected chi connectivity index (χ4v) is 2.72. The summed E-state index contributed by atoms with van der Waals surface area (Å²) in [6.07, 6.45) is 2.78. The van der Waals surface area contributed by atoms with Crippen molar-refractivity contribution < 1.29 is 0 Å². The summed E-state index contributed by atoms with van der Waals surface area (Å²) >= 11 is 3.79. The molecule has 6 heavy (non-hydrogen) atoms. The Kier molecular flexibility index (Phi) is 7.05. The van der Waals surface area contributed by atoms with Gasteiger partial charge in [-0.05, 0) is 0 Å². The zero-order valence-electron chi connectivity index (χ0n) is 4.00. The molecule has 0 aliphatic carbocycles. The summed E-state index contributed by atoms with van der Waals surface area (Å²) in [7, 11) is 0. The van der Waals surface area contributed by atoms with Crippen molar-refractivity contribution in [1.82, 2.24) is 0 Å². The molecule has 0 heterocycles. The second kappa shape index (κ2) is 6.02. The summed E-state index contributed by atoms with van der Waals surface area (Å²) in [4.78, 5) is 0. The first-order valence-corrected chi connectivity index (χ1v) is 8.65. The van der Waals surface area contributed by atoms with Crippen LogP contribution < -0.4 is 0 Å². The van der Waals surface area contributed by atoms with Crippen LogP contribution in [0.25, 0.3) is 0 Å². The maximum atomic E-state index is 3.48. The van der Waals surface area contributed by atoms with E-state index in [1.54, 1.807) is 0 Å². The Labute approximate surface area is 52.8 Å². The molecule has 0 aliphatic heterocycles. The van der Waals surface area contributed by atoms with Crippen molar-refractivity contribution >= 4 is 27.6 Å². The molecule has 0 aromatic carbocycles. The van der Waals surface area contributed by atoms with E-state index in [4.69, 9.17) is 0 Å². The monoisotopic (exact) mass is 210 g/mol. The van der Waals surface area contributed by atoms with Crippen LogP contribution in [0.4, 0.5) is 0 Å². The quantitative estimate of drug-likeness (QED) is 0.494. The summed E-state index contributed by atoms with van der Waals surface area (Å²) in [6, 6.07) is 0. The van der Waals surface area contributed by atoms with Crippen LogP contribution in [0.5, 0.6) is 0 Å². The Morgan fingerprint density at radius 3 is 2.50 bits per heavy atom. The molecule has 0 nitrogen and oxygen atoms in total. The molecule has 2 radical (unpaired) electrons. The first-order chi connectivity index (χ1) is 2.91. The van der Waals surface area contributed by atoms with Gasteiger partial charge in [0.25, 0.3) is 0 Å². The molecule has 0 fully saturated rings. The normalized spacial score (nSPS) is 9.00. The number of rotatable bonds is 3. The summed E-state index contributed by atoms with van der Waals surface area (Å²) < 4.78 is 0. The van der Waals surface area contributed by atoms with E-state index in [1.165, 1.54) is 18.1 Å². The van der Waals surface area contributed by atoms with Gasteiger partial charge in [-0.15, -0.1) is 0 Å². The van der Waals surface area contributed by atoms with Crippen molar-refractivity contribution in [3.05, 3.63) is 0 Å². The van der Waals surface area contributed by atoms with E-state index in [2.05, 4.69) is 20.9 Å². The zero-order valence-corrected chi connectivity index (χ0v) is 7.68. The van der Waals surface area contributed by atoms with Gasteiger partial charge in [-0.1, -0.05) is 0 Å². The van der Waals surface area contributed by atoms with Crippen molar-refractivity contribution in [3.63, 3.8) is 0 Å². The second-order valence-corrected chi connectivity index (χ2v) is 5.76. The van der Waals surface area contributed by atoms with Crippen molar-refractivity contribution in [2.24, 2.45) is 0 Å². The molecule has 0 aliphatic rings. The van der Waals surface area contributed by atoms with Gasteiger partial charge < -0.3 is 0 Å². The fourth-order valence-electron chi connectivity index (χ4n) is 0.244. The van der Waals surface area contributed by atoms with Gasteiger partial charge in [0.15, 0.2) is 0 Å². The minimum absolute atomic E-state index is 0.311. The van der Waals surface area contributed by atoms with Crippen LogP contribution in [0.3, 0.4) is 0 Å². The molecule has 0 amide bonds. The molecule has 0 saturated carbocycles. The summed E-state index contributed by atoms with van der Waals surface area (Å²) in [5.41, 5.74) is 0. The summed E-state index contributed by atoms with van der Waals surface area (Å²) in [5, 5.41) is 1.45. The van der Waals surface area contributed by atoms with Crippen LogP contribution in [-0.4, -0.2) is 13.6 Å². The molecule has 2 heteroatoms. The first kappa shape index (κ1) is 7.02. The molecule has 0 rings (SSSR count). The van der Waals surface area contributed by atoms with Crippen LogP contribution >= 0.6 is 14.0 Å². The van der Waals surface area contributed by atoms with Crippen LogP contribution in [-0.2, 0) is 0 Å². The van der Waals surface area contributed by atoms with Crippen LogP contribution in [0.1, 0.15) is 19.8 Å². The van der Waals surface area contributed by atoms with Gasteiger partial charge >= 0.3 is 52.6 Å². The van der Waals surface area contributed by atoms with E-state index in [1.807, 2.05) is 0 Å². The SMILES string of the molecule is CCC[CH2][Ge][Br]. The molecule has 0 atom stereocenters. The van der Waals surface area contributed by atoms with Crippen LogP contribution in [0.15, 0.2) is 0 Å². The van der Waals surface area contributed by atoms with Gasteiger partial charge in [0, 0.05) is 0 Å². The molecule has 0 aromatic rings.